The smallest absolute Gasteiger partial charge is 0.0135 e. The van der Waals surface area contributed by atoms with Gasteiger partial charge in [-0.2, -0.15) is 24.4 Å². The SMILES string of the molecule is CSCC[C@@H](N)CS. The zero-order valence-electron chi connectivity index (χ0n) is 5.13. The fourth-order valence-electron chi connectivity index (χ4n) is 0.361. The summed E-state index contributed by atoms with van der Waals surface area (Å²) in [6.07, 6.45) is 3.18. The number of nitrogens with two attached hydrogens (primary N) is 1. The van der Waals surface area contributed by atoms with E-state index in [0.717, 1.165) is 17.9 Å². The van der Waals surface area contributed by atoms with Crippen LogP contribution in [0.2, 0.25) is 0 Å². The molecule has 0 aromatic carbocycles. The van der Waals surface area contributed by atoms with Crippen LogP contribution in [0.15, 0.2) is 0 Å². The molecule has 0 aliphatic heterocycles. The lowest BCUT2D eigenvalue weighted by Gasteiger charge is -2.04. The Morgan fingerprint density at radius 3 is 2.75 bits per heavy atom. The fraction of sp³-hybridized carbons (Fsp3) is 1.00. The first kappa shape index (κ1) is 8.66. The Hall–Kier alpha value is 0.660. The van der Waals surface area contributed by atoms with Crippen molar-refractivity contribution in [1.29, 1.82) is 0 Å². The van der Waals surface area contributed by atoms with Crippen molar-refractivity contribution in [3.8, 4) is 0 Å². The molecule has 0 aliphatic carbocycles. The number of thiol groups is 1. The van der Waals surface area contributed by atoms with E-state index in [0.29, 0.717) is 6.04 Å². The minimum absolute atomic E-state index is 0.297. The Balaban J connectivity index is 2.86. The highest BCUT2D eigenvalue weighted by Gasteiger charge is 1.95. The predicted octanol–water partition coefficient (Wildman–Crippen LogP) is 0.997. The van der Waals surface area contributed by atoms with Crippen LogP contribution >= 0.6 is 24.4 Å². The van der Waals surface area contributed by atoms with E-state index in [1.165, 1.54) is 0 Å². The van der Waals surface area contributed by atoms with Gasteiger partial charge in [0.1, 0.15) is 0 Å². The van der Waals surface area contributed by atoms with Gasteiger partial charge in [0.2, 0.25) is 0 Å². The number of thioether (sulfide) groups is 1. The molecule has 0 bridgehead atoms. The van der Waals surface area contributed by atoms with Crippen LogP contribution in [0.4, 0.5) is 0 Å². The molecule has 0 aromatic rings. The van der Waals surface area contributed by atoms with Crippen LogP contribution in [0.3, 0.4) is 0 Å². The van der Waals surface area contributed by atoms with Crippen LogP contribution in [0, 0.1) is 0 Å². The van der Waals surface area contributed by atoms with Crippen LogP contribution in [0.1, 0.15) is 6.42 Å². The quantitative estimate of drug-likeness (QED) is 0.586. The second-order valence-electron chi connectivity index (χ2n) is 1.72. The standard InChI is InChI=1S/C5H13NS2/c1-8-3-2-5(6)4-7/h5,7H,2-4,6H2,1H3/t5-/m1/s1. The molecular formula is C5H13NS2. The molecule has 0 unspecified atom stereocenters. The minimum Gasteiger partial charge on any atom is -0.327 e. The van der Waals surface area contributed by atoms with Crippen molar-refractivity contribution >= 4 is 24.4 Å². The van der Waals surface area contributed by atoms with Gasteiger partial charge < -0.3 is 5.73 Å². The van der Waals surface area contributed by atoms with Gasteiger partial charge in [-0.3, -0.25) is 0 Å². The first-order valence-corrected chi connectivity index (χ1v) is 4.69. The highest BCUT2D eigenvalue weighted by molar-refractivity contribution is 7.98. The zero-order chi connectivity index (χ0) is 6.41. The average molecular weight is 151 g/mol. The molecule has 0 saturated heterocycles. The lowest BCUT2D eigenvalue weighted by molar-refractivity contribution is 0.734. The Morgan fingerprint density at radius 1 is 1.75 bits per heavy atom. The third-order valence-electron chi connectivity index (χ3n) is 0.927. The fourth-order valence-corrected chi connectivity index (χ4v) is 1.08. The third kappa shape index (κ3) is 4.81. The topological polar surface area (TPSA) is 26.0 Å². The van der Waals surface area contributed by atoms with Crippen LogP contribution in [0.25, 0.3) is 0 Å². The Kier molecular flexibility index (Phi) is 6.27. The van der Waals surface area contributed by atoms with E-state index in [4.69, 9.17) is 5.73 Å². The summed E-state index contributed by atoms with van der Waals surface area (Å²) in [5.74, 6) is 1.96. The summed E-state index contributed by atoms with van der Waals surface area (Å²) >= 11 is 5.89. The molecule has 0 fully saturated rings. The maximum absolute atomic E-state index is 5.57. The van der Waals surface area contributed by atoms with E-state index in [9.17, 15) is 0 Å². The highest BCUT2D eigenvalue weighted by atomic mass is 32.2. The van der Waals surface area contributed by atoms with E-state index in [1.807, 2.05) is 11.8 Å². The predicted molar refractivity (Wildman–Crippen MR) is 44.8 cm³/mol. The van der Waals surface area contributed by atoms with Gasteiger partial charge in [0.15, 0.2) is 0 Å². The van der Waals surface area contributed by atoms with Crippen molar-refractivity contribution in [1.82, 2.24) is 0 Å². The maximum Gasteiger partial charge on any atom is 0.0135 e. The Bertz CT molecular complexity index is 49.7. The zero-order valence-corrected chi connectivity index (χ0v) is 6.84. The number of rotatable bonds is 4. The molecule has 1 atom stereocenters. The van der Waals surface area contributed by atoms with Gasteiger partial charge >= 0.3 is 0 Å². The molecule has 0 radical (unpaired) electrons. The molecule has 0 heterocycles. The second-order valence-corrected chi connectivity index (χ2v) is 3.07. The van der Waals surface area contributed by atoms with E-state index < -0.39 is 0 Å². The summed E-state index contributed by atoms with van der Waals surface area (Å²) in [6, 6.07) is 0.297. The van der Waals surface area contributed by atoms with Crippen molar-refractivity contribution in [2.75, 3.05) is 17.8 Å². The first-order chi connectivity index (χ1) is 3.81. The van der Waals surface area contributed by atoms with E-state index in [-0.39, 0.29) is 0 Å². The molecule has 0 aromatic heterocycles. The van der Waals surface area contributed by atoms with E-state index in [1.54, 1.807) is 0 Å². The lowest BCUT2D eigenvalue weighted by Crippen LogP contribution is -2.22. The van der Waals surface area contributed by atoms with Gasteiger partial charge in [0, 0.05) is 11.8 Å². The summed E-state index contributed by atoms with van der Waals surface area (Å²) in [7, 11) is 0. The molecule has 8 heavy (non-hydrogen) atoms. The van der Waals surface area contributed by atoms with Crippen LogP contribution in [-0.4, -0.2) is 23.8 Å². The molecule has 0 rings (SSSR count). The van der Waals surface area contributed by atoms with Crippen molar-refractivity contribution in [2.45, 2.75) is 12.5 Å². The highest BCUT2D eigenvalue weighted by Crippen LogP contribution is 1.98. The molecule has 3 heteroatoms. The van der Waals surface area contributed by atoms with Crippen LogP contribution < -0.4 is 5.73 Å². The van der Waals surface area contributed by atoms with Gasteiger partial charge in [-0.25, -0.2) is 0 Å². The van der Waals surface area contributed by atoms with Crippen molar-refractivity contribution in [3.05, 3.63) is 0 Å². The van der Waals surface area contributed by atoms with Gasteiger partial charge in [0.25, 0.3) is 0 Å². The summed E-state index contributed by atoms with van der Waals surface area (Å²) in [5.41, 5.74) is 5.57. The maximum atomic E-state index is 5.57. The van der Waals surface area contributed by atoms with Crippen LogP contribution in [0.5, 0.6) is 0 Å². The number of hydrogen-bond acceptors (Lipinski definition) is 3. The van der Waals surface area contributed by atoms with Gasteiger partial charge in [-0.1, -0.05) is 0 Å². The molecule has 0 amide bonds. The monoisotopic (exact) mass is 151 g/mol. The minimum atomic E-state index is 0.297. The molecule has 2 N–H and O–H groups in total. The van der Waals surface area contributed by atoms with Gasteiger partial charge in [-0.15, -0.1) is 0 Å². The van der Waals surface area contributed by atoms with E-state index in [2.05, 4.69) is 18.9 Å². The Labute approximate surface area is 60.8 Å². The van der Waals surface area contributed by atoms with Crippen molar-refractivity contribution < 1.29 is 0 Å². The third-order valence-corrected chi connectivity index (χ3v) is 2.04. The summed E-state index contributed by atoms with van der Waals surface area (Å²) in [4.78, 5) is 0. The molecule has 1 nitrogen and oxygen atoms in total. The summed E-state index contributed by atoms with van der Waals surface area (Å²) < 4.78 is 0. The van der Waals surface area contributed by atoms with Gasteiger partial charge in [-0.05, 0) is 18.4 Å². The second kappa shape index (κ2) is 5.79. The van der Waals surface area contributed by atoms with Gasteiger partial charge in [0.05, 0.1) is 0 Å². The largest absolute Gasteiger partial charge is 0.327 e. The number of hydrogen-bond donors (Lipinski definition) is 2. The average Bonchev–Trinajstić information content (AvgIpc) is 1.83. The van der Waals surface area contributed by atoms with Crippen molar-refractivity contribution in [2.24, 2.45) is 5.73 Å². The molecular weight excluding hydrogens is 138 g/mol. The molecule has 0 aliphatic rings. The first-order valence-electron chi connectivity index (χ1n) is 2.66. The summed E-state index contributed by atoms with van der Waals surface area (Å²) in [5, 5.41) is 0. The molecule has 50 valence electrons. The lowest BCUT2D eigenvalue weighted by atomic mass is 10.3. The Morgan fingerprint density at radius 2 is 2.38 bits per heavy atom. The normalized spacial score (nSPS) is 13.9. The molecule has 0 saturated carbocycles. The van der Waals surface area contributed by atoms with E-state index >= 15 is 0 Å². The van der Waals surface area contributed by atoms with Crippen LogP contribution in [-0.2, 0) is 0 Å². The summed E-state index contributed by atoms with van der Waals surface area (Å²) in [6.45, 7) is 0. The van der Waals surface area contributed by atoms with Crippen molar-refractivity contribution in [3.63, 3.8) is 0 Å². The molecule has 0 spiro atoms.